The molecule has 0 heterocycles. The Morgan fingerprint density at radius 3 is 1.89 bits per heavy atom. The molecule has 0 amide bonds. The molecule has 0 unspecified atom stereocenters. The monoisotopic (exact) mass is 530 g/mol. The normalized spacial score (nSPS) is 20.5. The van der Waals surface area contributed by atoms with E-state index in [1.165, 1.54) is 28.8 Å². The predicted octanol–water partition coefficient (Wildman–Crippen LogP) is 6.98. The first-order valence-electron chi connectivity index (χ1n) is 14.3. The molecule has 1 aliphatic carbocycles. The third kappa shape index (κ3) is 7.44. The second-order valence-electron chi connectivity index (χ2n) is 12.3. The summed E-state index contributed by atoms with van der Waals surface area (Å²) in [6.45, 7) is 13.3. The first-order valence-corrected chi connectivity index (χ1v) is 16.2. The average molecular weight is 531 g/mol. The second-order valence-corrected chi connectivity index (χ2v) is 15.2. The molecule has 4 heteroatoms. The van der Waals surface area contributed by atoms with E-state index in [1.807, 2.05) is 6.07 Å². The molecule has 3 aromatic carbocycles. The highest BCUT2D eigenvalue weighted by Crippen LogP contribution is 2.37. The lowest BCUT2D eigenvalue weighted by Crippen LogP contribution is -2.66. The van der Waals surface area contributed by atoms with E-state index in [0.29, 0.717) is 37.6 Å². The van der Waals surface area contributed by atoms with Gasteiger partial charge in [0.2, 0.25) is 0 Å². The molecule has 1 saturated carbocycles. The van der Waals surface area contributed by atoms with E-state index in [-0.39, 0.29) is 11.5 Å². The van der Waals surface area contributed by atoms with Crippen LogP contribution in [0.4, 0.5) is 0 Å². The van der Waals surface area contributed by atoms with E-state index in [2.05, 4.69) is 120 Å². The van der Waals surface area contributed by atoms with Crippen LogP contribution in [0, 0.1) is 23.2 Å². The smallest absolute Gasteiger partial charge is 0.387 e. The summed E-state index contributed by atoms with van der Waals surface area (Å²) in [6, 6.07) is 31.8. The number of benzene rings is 3. The molecule has 1 aliphatic rings. The van der Waals surface area contributed by atoms with Crippen LogP contribution in [0.15, 0.2) is 91.0 Å². The first kappa shape index (κ1) is 28.8. The molecule has 204 valence electrons. The van der Waals surface area contributed by atoms with Crippen molar-refractivity contribution in [1.82, 2.24) is 0 Å². The van der Waals surface area contributed by atoms with Crippen molar-refractivity contribution in [2.45, 2.75) is 66.6 Å². The van der Waals surface area contributed by atoms with E-state index in [1.54, 1.807) is 0 Å². The van der Waals surface area contributed by atoms with Gasteiger partial charge < -0.3 is 13.6 Å². The minimum Gasteiger partial charge on any atom is -0.387 e. The molecular weight excluding hydrogens is 484 g/mol. The second kappa shape index (κ2) is 13.2. The van der Waals surface area contributed by atoms with Crippen LogP contribution < -0.4 is 10.4 Å². The lowest BCUT2D eigenvalue weighted by Gasteiger charge is -2.43. The molecular formula is C34H46O3Si. The molecule has 0 radical (unpaired) electrons. The van der Waals surface area contributed by atoms with E-state index >= 15 is 0 Å². The minimum absolute atomic E-state index is 0.169. The third-order valence-corrected chi connectivity index (χ3v) is 11.2. The van der Waals surface area contributed by atoms with Gasteiger partial charge in [-0.25, -0.2) is 0 Å². The van der Waals surface area contributed by atoms with Crippen LogP contribution in [-0.4, -0.2) is 27.9 Å². The van der Waals surface area contributed by atoms with Gasteiger partial charge in [0.1, 0.15) is 0 Å². The van der Waals surface area contributed by atoms with Crippen molar-refractivity contribution in [2.75, 3.05) is 13.2 Å². The van der Waals surface area contributed by atoms with Gasteiger partial charge in [0.05, 0.1) is 19.3 Å². The van der Waals surface area contributed by atoms with Crippen molar-refractivity contribution < 1.29 is 13.6 Å². The minimum atomic E-state index is -3.02. The van der Waals surface area contributed by atoms with Crippen LogP contribution in [-0.2, 0) is 20.2 Å². The Balaban J connectivity index is 1.62. The maximum atomic E-state index is 7.44. The molecule has 3 aromatic rings. The molecule has 1 fully saturated rings. The van der Waals surface area contributed by atoms with Gasteiger partial charge in [-0.05, 0) is 46.5 Å². The van der Waals surface area contributed by atoms with Gasteiger partial charge in [-0.3, -0.25) is 0 Å². The average Bonchev–Trinajstić information content (AvgIpc) is 2.92. The summed E-state index contributed by atoms with van der Waals surface area (Å²) in [5.41, 5.74) is 1.02. The zero-order chi connectivity index (χ0) is 27.0. The van der Waals surface area contributed by atoms with E-state index in [0.717, 1.165) is 6.42 Å². The standard InChI is InChI=1S/C34H46O3Si/c1-27(2)32-22-21-28(3)23-33(32)37-38(30-17-11-7-12-18-30,31-19-13-8-14-20-31)36-26-34(4,5)25-35-24-29-15-9-6-10-16-29/h6-20,27-28,32-33H,21-26H2,1-5H3/t28-,32+,33-/m1/s1. The van der Waals surface area contributed by atoms with Gasteiger partial charge in [0, 0.05) is 12.0 Å². The highest BCUT2D eigenvalue weighted by molar-refractivity contribution is 6.92. The largest absolute Gasteiger partial charge is 0.407 e. The Kier molecular flexibility index (Phi) is 10.00. The zero-order valence-electron chi connectivity index (χ0n) is 23.9. The van der Waals surface area contributed by atoms with Crippen LogP contribution in [0.3, 0.4) is 0 Å². The highest BCUT2D eigenvalue weighted by Gasteiger charge is 2.48. The molecule has 0 aromatic heterocycles. The molecule has 0 spiro atoms. The van der Waals surface area contributed by atoms with Crippen molar-refractivity contribution >= 4 is 18.9 Å². The van der Waals surface area contributed by atoms with E-state index < -0.39 is 8.56 Å². The molecule has 0 bridgehead atoms. The van der Waals surface area contributed by atoms with Crippen LogP contribution in [0.25, 0.3) is 0 Å². The van der Waals surface area contributed by atoms with Crippen molar-refractivity contribution in [3.05, 3.63) is 96.6 Å². The summed E-state index contributed by atoms with van der Waals surface area (Å²) in [4.78, 5) is 0. The molecule has 0 N–H and O–H groups in total. The van der Waals surface area contributed by atoms with Crippen LogP contribution in [0.1, 0.15) is 59.4 Å². The summed E-state index contributed by atoms with van der Waals surface area (Å²) in [5.74, 6) is 1.78. The first-order chi connectivity index (χ1) is 18.3. The van der Waals surface area contributed by atoms with E-state index in [9.17, 15) is 0 Å². The van der Waals surface area contributed by atoms with Gasteiger partial charge in [0.25, 0.3) is 0 Å². The fourth-order valence-electron chi connectivity index (χ4n) is 5.64. The maximum absolute atomic E-state index is 7.44. The number of hydrogen-bond donors (Lipinski definition) is 0. The number of ether oxygens (including phenoxy) is 1. The Morgan fingerprint density at radius 1 is 0.789 bits per heavy atom. The summed E-state index contributed by atoms with van der Waals surface area (Å²) in [5, 5.41) is 2.35. The Labute approximate surface area is 231 Å². The van der Waals surface area contributed by atoms with Crippen molar-refractivity contribution in [2.24, 2.45) is 23.2 Å². The molecule has 4 rings (SSSR count). The topological polar surface area (TPSA) is 27.7 Å². The SMILES string of the molecule is CC(C)[C@@H]1CC[C@@H](C)C[C@H]1O[Si](OCC(C)(C)COCc1ccccc1)(c1ccccc1)c1ccccc1. The van der Waals surface area contributed by atoms with Crippen molar-refractivity contribution in [3.63, 3.8) is 0 Å². The molecule has 0 saturated heterocycles. The van der Waals surface area contributed by atoms with Crippen molar-refractivity contribution in [1.29, 1.82) is 0 Å². The molecule has 38 heavy (non-hydrogen) atoms. The van der Waals surface area contributed by atoms with Crippen LogP contribution in [0.2, 0.25) is 0 Å². The molecule has 0 aliphatic heterocycles. The zero-order valence-corrected chi connectivity index (χ0v) is 24.9. The summed E-state index contributed by atoms with van der Waals surface area (Å²) in [7, 11) is -3.02. The van der Waals surface area contributed by atoms with Gasteiger partial charge in [-0.1, -0.05) is 132 Å². The molecule has 3 nitrogen and oxygen atoms in total. The fourth-order valence-corrected chi connectivity index (χ4v) is 9.20. The van der Waals surface area contributed by atoms with Gasteiger partial charge in [-0.15, -0.1) is 0 Å². The van der Waals surface area contributed by atoms with E-state index in [4.69, 9.17) is 13.6 Å². The fraction of sp³-hybridized carbons (Fsp3) is 0.471. The Morgan fingerprint density at radius 2 is 1.34 bits per heavy atom. The highest BCUT2D eigenvalue weighted by atomic mass is 28.4. The predicted molar refractivity (Wildman–Crippen MR) is 160 cm³/mol. The number of rotatable bonds is 12. The van der Waals surface area contributed by atoms with Crippen molar-refractivity contribution in [3.8, 4) is 0 Å². The quantitative estimate of drug-likeness (QED) is 0.236. The van der Waals surface area contributed by atoms with Gasteiger partial charge in [-0.2, -0.15) is 0 Å². The van der Waals surface area contributed by atoms with Gasteiger partial charge in [0.15, 0.2) is 0 Å². The van der Waals surface area contributed by atoms with Crippen LogP contribution >= 0.6 is 0 Å². The van der Waals surface area contributed by atoms with Crippen LogP contribution in [0.5, 0.6) is 0 Å². The molecule has 3 atom stereocenters. The summed E-state index contributed by atoms with van der Waals surface area (Å²) >= 11 is 0. The lowest BCUT2D eigenvalue weighted by molar-refractivity contribution is -0.00555. The summed E-state index contributed by atoms with van der Waals surface area (Å²) < 4.78 is 20.8. The maximum Gasteiger partial charge on any atom is 0.407 e. The van der Waals surface area contributed by atoms with Gasteiger partial charge >= 0.3 is 8.56 Å². The summed E-state index contributed by atoms with van der Waals surface area (Å²) in [6.07, 6.45) is 3.77. The number of hydrogen-bond acceptors (Lipinski definition) is 3. The third-order valence-electron chi connectivity index (χ3n) is 7.86. The lowest BCUT2D eigenvalue weighted by atomic mass is 9.75. The Bertz CT molecular complexity index is 1040. The Hall–Kier alpha value is -2.24.